The molecule has 0 aliphatic rings. The van der Waals surface area contributed by atoms with Crippen molar-refractivity contribution in [3.63, 3.8) is 0 Å². The minimum Gasteiger partial charge on any atom is -0.658 e. The van der Waals surface area contributed by atoms with Crippen molar-refractivity contribution in [1.29, 1.82) is 0 Å². The Morgan fingerprint density at radius 1 is 1.00 bits per heavy atom. The number of rotatable bonds is 2. The van der Waals surface area contributed by atoms with Crippen LogP contribution in [0.3, 0.4) is 0 Å². The third-order valence-electron chi connectivity index (χ3n) is 3.66. The summed E-state index contributed by atoms with van der Waals surface area (Å²) in [7, 11) is -1.69. The summed E-state index contributed by atoms with van der Waals surface area (Å²) in [6, 6.07) is 0. The zero-order chi connectivity index (χ0) is 13.6. The van der Waals surface area contributed by atoms with Gasteiger partial charge >= 0.3 is 0 Å². The van der Waals surface area contributed by atoms with Gasteiger partial charge in [-0.3, -0.25) is 0 Å². The lowest BCUT2D eigenvalue weighted by Gasteiger charge is -2.52. The first-order valence-corrected chi connectivity index (χ1v) is 9.39. The Kier molecular flexibility index (Phi) is 3.71. The van der Waals surface area contributed by atoms with Crippen LogP contribution < -0.4 is 5.19 Å². The van der Waals surface area contributed by atoms with Gasteiger partial charge in [-0.15, -0.1) is 5.54 Å². The van der Waals surface area contributed by atoms with Gasteiger partial charge in [-0.1, -0.05) is 69.8 Å². The van der Waals surface area contributed by atoms with Crippen LogP contribution in [0.2, 0.25) is 13.1 Å². The predicted molar refractivity (Wildman–Crippen MR) is 81.2 cm³/mol. The topological polar surface area (TPSA) is 14.1 Å². The Morgan fingerprint density at radius 3 is 1.76 bits per heavy atom. The molecule has 0 radical (unpaired) electrons. The molecule has 0 aliphatic heterocycles. The lowest BCUT2D eigenvalue weighted by molar-refractivity contribution is 0.677. The van der Waals surface area contributed by atoms with Crippen molar-refractivity contribution in [1.82, 2.24) is 0 Å². The molecule has 0 atom stereocenters. The van der Waals surface area contributed by atoms with Gasteiger partial charge in [-0.25, -0.2) is 5.56 Å². The molecule has 1 aromatic carbocycles. The van der Waals surface area contributed by atoms with Gasteiger partial charge in [0.2, 0.25) is 0 Å². The van der Waals surface area contributed by atoms with Crippen LogP contribution >= 0.6 is 0 Å². The Labute approximate surface area is 108 Å². The van der Waals surface area contributed by atoms with Crippen molar-refractivity contribution >= 4 is 13.4 Å². The molecule has 2 heteroatoms. The smallest absolute Gasteiger partial charge is 0.0599 e. The molecule has 0 saturated heterocycles. The van der Waals surface area contributed by atoms with Crippen molar-refractivity contribution in [2.75, 3.05) is 0 Å². The molecule has 17 heavy (non-hydrogen) atoms. The summed E-state index contributed by atoms with van der Waals surface area (Å²) >= 11 is 0. The molecule has 1 aromatic rings. The van der Waals surface area contributed by atoms with Gasteiger partial charge in [0.15, 0.2) is 0 Å². The van der Waals surface area contributed by atoms with Crippen molar-refractivity contribution in [3.05, 3.63) is 27.2 Å². The van der Waals surface area contributed by atoms with Gasteiger partial charge in [0.05, 0.1) is 0 Å². The molecule has 0 bridgehead atoms. The van der Waals surface area contributed by atoms with Crippen LogP contribution in [0.5, 0.6) is 0 Å². The molecule has 0 amide bonds. The second kappa shape index (κ2) is 4.32. The summed E-state index contributed by atoms with van der Waals surface area (Å²) in [5, 5.41) is 1.56. The van der Waals surface area contributed by atoms with E-state index in [2.05, 4.69) is 61.6 Å². The summed E-state index contributed by atoms with van der Waals surface area (Å²) in [5.74, 6) is 0. The first-order chi connectivity index (χ1) is 7.47. The average Bonchev–Trinajstić information content (AvgIpc) is 2.27. The molecule has 1 rings (SSSR count). The molecule has 0 saturated carbocycles. The number of hydrogen-bond donors (Lipinski definition) is 0. The van der Waals surface area contributed by atoms with E-state index in [1.807, 2.05) is 0 Å². The summed E-state index contributed by atoms with van der Waals surface area (Å²) in [6.45, 7) is 20.3. The zero-order valence-corrected chi connectivity index (χ0v) is 13.9. The van der Waals surface area contributed by atoms with Crippen LogP contribution in [0.1, 0.15) is 43.0 Å². The molecular formula is C15H27NSi-2. The van der Waals surface area contributed by atoms with Crippen molar-refractivity contribution in [2.24, 2.45) is 0 Å². The Bertz CT molecular complexity index is 394. The third kappa shape index (κ3) is 2.86. The summed E-state index contributed by atoms with van der Waals surface area (Å²) in [5.41, 5.74) is 5.94. The van der Waals surface area contributed by atoms with E-state index in [4.69, 9.17) is 4.98 Å². The normalized spacial score (nSPS) is 13.2. The van der Waals surface area contributed by atoms with Gasteiger partial charge in [0, 0.05) is 0 Å². The van der Waals surface area contributed by atoms with Gasteiger partial charge in [0.25, 0.3) is 0 Å². The molecule has 0 fully saturated rings. The van der Waals surface area contributed by atoms with Crippen LogP contribution in [-0.2, 0) is 0 Å². The van der Waals surface area contributed by atoms with Crippen molar-refractivity contribution < 1.29 is 0 Å². The fourth-order valence-corrected chi connectivity index (χ4v) is 7.03. The quantitative estimate of drug-likeness (QED) is 0.550. The predicted octanol–water partition coefficient (Wildman–Crippen LogP) is 4.22. The number of nitrogens with zero attached hydrogens (tertiary/aromatic N) is 1. The van der Waals surface area contributed by atoms with Crippen LogP contribution in [0.25, 0.3) is 4.98 Å². The molecule has 1 nitrogen and oxygen atoms in total. The SMILES string of the molecule is Cc1c(C)c([Si](C)(C)[N-]C(C)(C)C)[c-](C)c1C. The van der Waals surface area contributed by atoms with Gasteiger partial charge < -0.3 is 4.98 Å². The fraction of sp³-hybridized carbons (Fsp3) is 0.667. The largest absolute Gasteiger partial charge is 0.658 e. The van der Waals surface area contributed by atoms with E-state index in [0.29, 0.717) is 0 Å². The van der Waals surface area contributed by atoms with Gasteiger partial charge in [-0.05, 0) is 0 Å². The van der Waals surface area contributed by atoms with E-state index in [1.165, 1.54) is 22.3 Å². The third-order valence-corrected chi connectivity index (χ3v) is 6.87. The first kappa shape index (κ1) is 14.6. The molecule has 0 spiro atoms. The molecule has 98 valence electrons. The Balaban J connectivity index is 3.29. The van der Waals surface area contributed by atoms with Gasteiger partial charge in [-0.2, -0.15) is 21.9 Å². The highest BCUT2D eigenvalue weighted by Crippen LogP contribution is 2.29. The first-order valence-electron chi connectivity index (χ1n) is 6.45. The average molecular weight is 249 g/mol. The van der Waals surface area contributed by atoms with E-state index in [1.54, 1.807) is 5.19 Å². The highest BCUT2D eigenvalue weighted by Gasteiger charge is 2.17. The Hall–Kier alpha value is -0.473. The van der Waals surface area contributed by atoms with Gasteiger partial charge in [0.1, 0.15) is 0 Å². The lowest BCUT2D eigenvalue weighted by Crippen LogP contribution is -2.46. The molecule has 0 aliphatic carbocycles. The highest BCUT2D eigenvalue weighted by atomic mass is 28.3. The Morgan fingerprint density at radius 2 is 1.47 bits per heavy atom. The molecule has 0 heterocycles. The fourth-order valence-electron chi connectivity index (χ4n) is 3.03. The van der Waals surface area contributed by atoms with Crippen molar-refractivity contribution in [3.8, 4) is 0 Å². The minimum atomic E-state index is -1.69. The van der Waals surface area contributed by atoms with E-state index in [-0.39, 0.29) is 5.54 Å². The van der Waals surface area contributed by atoms with Crippen LogP contribution in [0, 0.1) is 27.7 Å². The standard InChI is InChI=1S/C15H27NSi/c1-10-11(2)13(4)14(12(10)3)17(8,9)16-15(5,6)7/h1-9H3/q-2. The molecule has 0 aromatic heterocycles. The van der Waals surface area contributed by atoms with Crippen LogP contribution in [-0.4, -0.2) is 13.8 Å². The molecular weight excluding hydrogens is 222 g/mol. The summed E-state index contributed by atoms with van der Waals surface area (Å²) < 4.78 is 0. The lowest BCUT2D eigenvalue weighted by atomic mass is 10.1. The summed E-state index contributed by atoms with van der Waals surface area (Å²) in [4.78, 5) is 5.13. The maximum atomic E-state index is 5.13. The van der Waals surface area contributed by atoms with E-state index >= 15 is 0 Å². The van der Waals surface area contributed by atoms with Crippen molar-refractivity contribution in [2.45, 2.75) is 67.1 Å². The zero-order valence-electron chi connectivity index (χ0n) is 12.9. The van der Waals surface area contributed by atoms with Crippen LogP contribution in [0.15, 0.2) is 0 Å². The molecule has 0 unspecified atom stereocenters. The number of hydrogen-bond acceptors (Lipinski definition) is 0. The van der Waals surface area contributed by atoms with E-state index < -0.39 is 8.24 Å². The summed E-state index contributed by atoms with van der Waals surface area (Å²) in [6.07, 6.45) is 0. The second-order valence-corrected chi connectivity index (χ2v) is 10.6. The monoisotopic (exact) mass is 249 g/mol. The maximum absolute atomic E-state index is 5.13. The highest BCUT2D eigenvalue weighted by molar-refractivity contribution is 6.94. The molecule has 0 N–H and O–H groups in total. The maximum Gasteiger partial charge on any atom is -0.0599 e. The van der Waals surface area contributed by atoms with E-state index in [0.717, 1.165) is 0 Å². The van der Waals surface area contributed by atoms with E-state index in [9.17, 15) is 0 Å². The minimum absolute atomic E-state index is 0.0632. The van der Waals surface area contributed by atoms with Crippen LogP contribution in [0.4, 0.5) is 0 Å². The second-order valence-electron chi connectivity index (χ2n) is 6.72.